The number of rotatable bonds is 8. The molecule has 0 spiro atoms. The third-order valence-corrected chi connectivity index (χ3v) is 5.02. The number of benzene rings is 2. The number of ether oxygens (including phenoxy) is 1. The van der Waals surface area contributed by atoms with Gasteiger partial charge in [0.05, 0.1) is 5.39 Å². The van der Waals surface area contributed by atoms with E-state index < -0.39 is 6.10 Å². The molecule has 0 radical (unpaired) electrons. The highest BCUT2D eigenvalue weighted by Crippen LogP contribution is 2.32. The van der Waals surface area contributed by atoms with Gasteiger partial charge in [-0.2, -0.15) is 0 Å². The number of aliphatic hydroxyl groups excluding tert-OH is 1. The summed E-state index contributed by atoms with van der Waals surface area (Å²) in [5, 5.41) is 12.3. The van der Waals surface area contributed by atoms with Crippen LogP contribution < -0.4 is 15.7 Å². The summed E-state index contributed by atoms with van der Waals surface area (Å²) in [6.45, 7) is 5.83. The Morgan fingerprint density at radius 1 is 1.20 bits per heavy atom. The Kier molecular flexibility index (Phi) is 6.90. The smallest absolute Gasteiger partial charge is 0.340 e. The first-order chi connectivity index (χ1) is 14.4. The van der Waals surface area contributed by atoms with Crippen LogP contribution in [0.3, 0.4) is 0 Å². The second kappa shape index (κ2) is 9.59. The minimum atomic E-state index is -0.738. The van der Waals surface area contributed by atoms with Crippen LogP contribution in [0.25, 0.3) is 11.0 Å². The van der Waals surface area contributed by atoms with E-state index in [4.69, 9.17) is 14.3 Å². The summed E-state index contributed by atoms with van der Waals surface area (Å²) in [7, 11) is 0. The van der Waals surface area contributed by atoms with Crippen LogP contribution in [0, 0.1) is 13.8 Å². The van der Waals surface area contributed by atoms with Gasteiger partial charge in [0.2, 0.25) is 0 Å². The second-order valence-electron chi connectivity index (χ2n) is 7.42. The molecule has 0 saturated heterocycles. The van der Waals surface area contributed by atoms with Crippen LogP contribution in [0.5, 0.6) is 5.75 Å². The monoisotopic (exact) mass is 409 g/mol. The molecule has 0 aliphatic heterocycles. The molecule has 2 N–H and O–H groups in total. The summed E-state index contributed by atoms with van der Waals surface area (Å²) in [5.74, 6) is 0.239. The number of nitrogens with one attached hydrogen (secondary N) is 1. The lowest BCUT2D eigenvalue weighted by Crippen LogP contribution is -2.37. The van der Waals surface area contributed by atoms with Crippen LogP contribution in [0.15, 0.2) is 51.7 Å². The SMILES string of the molecule is Cc1cc(OC(C)C(=O)NCCCO)c2c(C)c(Cc3ccccc3)c(=O)oc2c1. The molecule has 2 aromatic carbocycles. The van der Waals surface area contributed by atoms with E-state index in [9.17, 15) is 9.59 Å². The van der Waals surface area contributed by atoms with Gasteiger partial charge in [0.1, 0.15) is 11.3 Å². The quantitative estimate of drug-likeness (QED) is 0.440. The van der Waals surface area contributed by atoms with Crippen molar-refractivity contribution < 1.29 is 19.1 Å². The number of aryl methyl sites for hydroxylation is 2. The van der Waals surface area contributed by atoms with Crippen LogP contribution in [0.2, 0.25) is 0 Å². The first-order valence-electron chi connectivity index (χ1n) is 10.1. The molecule has 0 saturated carbocycles. The van der Waals surface area contributed by atoms with Crippen LogP contribution in [0.4, 0.5) is 0 Å². The lowest BCUT2D eigenvalue weighted by Gasteiger charge is -2.18. The molecular formula is C24H27NO5. The number of carbonyl (C=O) groups excluding carboxylic acids is 1. The molecule has 1 unspecified atom stereocenters. The van der Waals surface area contributed by atoms with Crippen LogP contribution in [-0.2, 0) is 11.2 Å². The molecule has 1 heterocycles. The zero-order valence-corrected chi connectivity index (χ0v) is 17.5. The fourth-order valence-electron chi connectivity index (χ4n) is 3.41. The Bertz CT molecular complexity index is 1090. The lowest BCUT2D eigenvalue weighted by molar-refractivity contribution is -0.127. The van der Waals surface area contributed by atoms with Crippen LogP contribution >= 0.6 is 0 Å². The third-order valence-electron chi connectivity index (χ3n) is 5.02. The number of fused-ring (bicyclic) bond motifs is 1. The van der Waals surface area contributed by atoms with Crippen molar-refractivity contribution in [1.82, 2.24) is 5.32 Å². The van der Waals surface area contributed by atoms with E-state index in [1.807, 2.05) is 50.2 Å². The van der Waals surface area contributed by atoms with Gasteiger partial charge in [-0.3, -0.25) is 4.79 Å². The predicted molar refractivity (Wildman–Crippen MR) is 116 cm³/mol. The summed E-state index contributed by atoms with van der Waals surface area (Å²) in [4.78, 5) is 25.0. The van der Waals surface area contributed by atoms with Crippen molar-refractivity contribution in [3.63, 3.8) is 0 Å². The topological polar surface area (TPSA) is 88.8 Å². The van der Waals surface area contributed by atoms with Crippen molar-refractivity contribution >= 4 is 16.9 Å². The first-order valence-corrected chi connectivity index (χ1v) is 10.1. The summed E-state index contributed by atoms with van der Waals surface area (Å²) >= 11 is 0. The van der Waals surface area contributed by atoms with E-state index in [-0.39, 0.29) is 18.1 Å². The molecule has 0 bridgehead atoms. The Morgan fingerprint density at radius 3 is 2.63 bits per heavy atom. The van der Waals surface area contributed by atoms with Gasteiger partial charge < -0.3 is 19.6 Å². The summed E-state index contributed by atoms with van der Waals surface area (Å²) in [5.41, 5.74) is 3.31. The van der Waals surface area contributed by atoms with Gasteiger partial charge in [-0.25, -0.2) is 4.79 Å². The molecule has 0 aliphatic rings. The molecule has 3 aromatic rings. The van der Waals surface area contributed by atoms with Gasteiger partial charge >= 0.3 is 5.63 Å². The third kappa shape index (κ3) is 4.89. The second-order valence-corrected chi connectivity index (χ2v) is 7.42. The summed E-state index contributed by atoms with van der Waals surface area (Å²) < 4.78 is 11.6. The van der Waals surface area contributed by atoms with Crippen molar-refractivity contribution in [2.45, 2.75) is 39.7 Å². The highest BCUT2D eigenvalue weighted by molar-refractivity contribution is 5.89. The summed E-state index contributed by atoms with van der Waals surface area (Å²) in [6.07, 6.45) is 0.201. The molecule has 6 nitrogen and oxygen atoms in total. The molecule has 1 atom stereocenters. The number of hydrogen-bond donors (Lipinski definition) is 2. The minimum Gasteiger partial charge on any atom is -0.480 e. The molecule has 158 valence electrons. The maximum atomic E-state index is 12.7. The Labute approximate surface area is 175 Å². The average molecular weight is 409 g/mol. The fourth-order valence-corrected chi connectivity index (χ4v) is 3.41. The maximum Gasteiger partial charge on any atom is 0.340 e. The van der Waals surface area contributed by atoms with E-state index in [2.05, 4.69) is 5.32 Å². The fraction of sp³-hybridized carbons (Fsp3) is 0.333. The Hall–Kier alpha value is -3.12. The standard InChI is InChI=1S/C24H27NO5/c1-15-12-20(29-17(3)23(27)25-10-7-11-26)22-16(2)19(24(28)30-21(22)13-15)14-18-8-5-4-6-9-18/h4-6,8-9,12-13,17,26H,7,10-11,14H2,1-3H3,(H,25,27). The molecule has 0 fully saturated rings. The van der Waals surface area contributed by atoms with Crippen molar-refractivity contribution in [1.29, 1.82) is 0 Å². The predicted octanol–water partition coefficient (Wildman–Crippen LogP) is 3.27. The largest absolute Gasteiger partial charge is 0.480 e. The average Bonchev–Trinajstić information content (AvgIpc) is 2.71. The van der Waals surface area contributed by atoms with Gasteiger partial charge in [-0.15, -0.1) is 0 Å². The van der Waals surface area contributed by atoms with Gasteiger partial charge in [-0.1, -0.05) is 30.3 Å². The zero-order valence-electron chi connectivity index (χ0n) is 17.5. The Morgan fingerprint density at radius 2 is 1.93 bits per heavy atom. The lowest BCUT2D eigenvalue weighted by atomic mass is 9.98. The molecule has 6 heteroatoms. The highest BCUT2D eigenvalue weighted by Gasteiger charge is 2.20. The van der Waals surface area contributed by atoms with E-state index in [0.29, 0.717) is 41.7 Å². The zero-order chi connectivity index (χ0) is 21.7. The number of aliphatic hydroxyl groups is 1. The molecule has 1 amide bonds. The normalized spacial score (nSPS) is 12.0. The molecular weight excluding hydrogens is 382 g/mol. The van der Waals surface area contributed by atoms with E-state index in [0.717, 1.165) is 16.7 Å². The number of hydrogen-bond acceptors (Lipinski definition) is 5. The van der Waals surface area contributed by atoms with Crippen molar-refractivity contribution in [2.24, 2.45) is 0 Å². The van der Waals surface area contributed by atoms with Crippen molar-refractivity contribution in [3.8, 4) is 5.75 Å². The first kappa shape index (κ1) is 21.6. The molecule has 0 aliphatic carbocycles. The van der Waals surface area contributed by atoms with Crippen LogP contribution in [0.1, 0.15) is 35.6 Å². The maximum absolute atomic E-state index is 12.7. The molecule has 30 heavy (non-hydrogen) atoms. The van der Waals surface area contributed by atoms with Gasteiger partial charge in [0.15, 0.2) is 6.10 Å². The van der Waals surface area contributed by atoms with Gasteiger partial charge in [0.25, 0.3) is 5.91 Å². The number of amides is 1. The van der Waals surface area contributed by atoms with Crippen molar-refractivity contribution in [3.05, 3.63) is 75.1 Å². The highest BCUT2D eigenvalue weighted by atomic mass is 16.5. The van der Waals surface area contributed by atoms with E-state index >= 15 is 0 Å². The van der Waals surface area contributed by atoms with Gasteiger partial charge in [-0.05, 0) is 56.0 Å². The molecule has 3 rings (SSSR count). The van der Waals surface area contributed by atoms with E-state index in [1.165, 1.54) is 0 Å². The summed E-state index contributed by atoms with van der Waals surface area (Å²) in [6, 6.07) is 13.4. The minimum absolute atomic E-state index is 0.0143. The molecule has 1 aromatic heterocycles. The Balaban J connectivity index is 1.99. The van der Waals surface area contributed by atoms with Crippen molar-refractivity contribution in [2.75, 3.05) is 13.2 Å². The van der Waals surface area contributed by atoms with Crippen LogP contribution in [-0.4, -0.2) is 30.3 Å². The van der Waals surface area contributed by atoms with E-state index in [1.54, 1.807) is 13.0 Å². The number of carbonyl (C=O) groups is 1. The van der Waals surface area contributed by atoms with Gasteiger partial charge in [0, 0.05) is 25.1 Å².